The Labute approximate surface area is 105 Å². The summed E-state index contributed by atoms with van der Waals surface area (Å²) in [6, 6.07) is 6.36. The average molecular weight is 262 g/mol. The molecule has 0 aliphatic heterocycles. The Kier molecular flexibility index (Phi) is 3.00. The lowest BCUT2D eigenvalue weighted by molar-refractivity contribution is -0.384. The van der Waals surface area contributed by atoms with Crippen LogP contribution in [0, 0.1) is 10.1 Å². The maximum absolute atomic E-state index is 10.7. The average Bonchev–Trinajstić information content (AvgIpc) is 2.78. The van der Waals surface area contributed by atoms with Crippen LogP contribution in [0.2, 0.25) is 19.6 Å². The first-order valence-corrected chi connectivity index (χ1v) is 9.05. The number of nitrogens with zero attached hydrogens (tertiary/aromatic N) is 4. The molecule has 1 aromatic heterocycles. The van der Waals surface area contributed by atoms with Crippen molar-refractivity contribution in [2.75, 3.05) is 0 Å². The van der Waals surface area contributed by atoms with E-state index in [0.29, 0.717) is 5.69 Å². The molecular formula is C11H14N4O2Si. The van der Waals surface area contributed by atoms with Crippen molar-refractivity contribution in [1.29, 1.82) is 0 Å². The highest BCUT2D eigenvalue weighted by Gasteiger charge is 2.21. The molecule has 18 heavy (non-hydrogen) atoms. The molecular weight excluding hydrogens is 248 g/mol. The van der Waals surface area contributed by atoms with Crippen LogP contribution in [0.1, 0.15) is 0 Å². The Morgan fingerprint density at radius 2 is 2.06 bits per heavy atom. The third kappa shape index (κ3) is 2.45. The molecule has 0 atom stereocenters. The van der Waals surface area contributed by atoms with Crippen molar-refractivity contribution in [2.24, 2.45) is 0 Å². The fraction of sp³-hybridized carbons (Fsp3) is 0.273. The van der Waals surface area contributed by atoms with Crippen molar-refractivity contribution >= 4 is 19.1 Å². The minimum absolute atomic E-state index is 0.0533. The van der Waals surface area contributed by atoms with Gasteiger partial charge >= 0.3 is 0 Å². The number of hydrogen-bond donors (Lipinski definition) is 0. The Bertz CT molecular complexity index is 589. The van der Waals surface area contributed by atoms with Crippen LogP contribution in [0.3, 0.4) is 0 Å². The maximum atomic E-state index is 10.7. The van der Waals surface area contributed by atoms with Crippen LogP contribution in [0.15, 0.2) is 30.5 Å². The van der Waals surface area contributed by atoms with Gasteiger partial charge in [0.15, 0.2) is 0 Å². The van der Waals surface area contributed by atoms with Gasteiger partial charge in [0.1, 0.15) is 8.07 Å². The van der Waals surface area contributed by atoms with Gasteiger partial charge in [-0.15, -0.1) is 5.10 Å². The predicted molar refractivity (Wildman–Crippen MR) is 71.0 cm³/mol. The van der Waals surface area contributed by atoms with Crippen LogP contribution in [0.4, 0.5) is 5.69 Å². The summed E-state index contributed by atoms with van der Waals surface area (Å²) in [7, 11) is -1.51. The van der Waals surface area contributed by atoms with Crippen LogP contribution in [-0.4, -0.2) is 28.0 Å². The lowest BCUT2D eigenvalue weighted by atomic mass is 10.3. The highest BCUT2D eigenvalue weighted by Crippen LogP contribution is 2.15. The summed E-state index contributed by atoms with van der Waals surface area (Å²) in [5.74, 6) is 0. The first kappa shape index (κ1) is 12.4. The first-order valence-electron chi connectivity index (χ1n) is 5.55. The number of non-ortho nitro benzene ring substituents is 1. The standard InChI is InChI=1S/C11H14N4O2Si/c1-18(2,3)11-8-14(13-12-11)9-5-4-6-10(7-9)15(16)17/h4-8H,1-3H3. The second kappa shape index (κ2) is 4.34. The van der Waals surface area contributed by atoms with E-state index >= 15 is 0 Å². The smallest absolute Gasteiger partial charge is 0.258 e. The Hall–Kier alpha value is -2.02. The second-order valence-corrected chi connectivity index (χ2v) is 10.1. The molecule has 0 bridgehead atoms. The van der Waals surface area contributed by atoms with Crippen LogP contribution < -0.4 is 5.32 Å². The topological polar surface area (TPSA) is 73.8 Å². The fourth-order valence-corrected chi connectivity index (χ4v) is 2.34. The SMILES string of the molecule is C[Si](C)(C)c1cn(-c2cccc([N+](=O)[O-])c2)nn1. The minimum Gasteiger partial charge on any atom is -0.258 e. The molecule has 1 heterocycles. The highest BCUT2D eigenvalue weighted by molar-refractivity contribution is 6.88. The molecule has 0 saturated heterocycles. The molecule has 2 aromatic rings. The van der Waals surface area contributed by atoms with Gasteiger partial charge in [-0.25, -0.2) is 4.68 Å². The van der Waals surface area contributed by atoms with Gasteiger partial charge in [0.25, 0.3) is 5.69 Å². The Morgan fingerprint density at radius 3 is 2.61 bits per heavy atom. The largest absolute Gasteiger partial charge is 0.271 e. The van der Waals surface area contributed by atoms with E-state index in [2.05, 4.69) is 30.0 Å². The van der Waals surface area contributed by atoms with E-state index in [4.69, 9.17) is 0 Å². The molecule has 0 radical (unpaired) electrons. The van der Waals surface area contributed by atoms with E-state index in [1.54, 1.807) is 16.8 Å². The normalized spacial score (nSPS) is 11.5. The molecule has 0 N–H and O–H groups in total. The van der Waals surface area contributed by atoms with Crippen molar-refractivity contribution in [3.05, 3.63) is 40.6 Å². The Morgan fingerprint density at radius 1 is 1.33 bits per heavy atom. The predicted octanol–water partition coefficient (Wildman–Crippen LogP) is 1.72. The molecule has 6 nitrogen and oxygen atoms in total. The third-order valence-corrected chi connectivity index (χ3v) is 4.33. The number of nitro benzene ring substituents is 1. The summed E-state index contributed by atoms with van der Waals surface area (Å²) in [5, 5.41) is 19.9. The van der Waals surface area contributed by atoms with Gasteiger partial charge in [-0.3, -0.25) is 10.1 Å². The van der Waals surface area contributed by atoms with Crippen molar-refractivity contribution in [1.82, 2.24) is 15.0 Å². The first-order chi connectivity index (χ1) is 8.38. The molecule has 7 heteroatoms. The van der Waals surface area contributed by atoms with E-state index in [0.717, 1.165) is 5.32 Å². The van der Waals surface area contributed by atoms with Crippen molar-refractivity contribution < 1.29 is 4.92 Å². The number of rotatable bonds is 3. The van der Waals surface area contributed by atoms with Gasteiger partial charge in [-0.1, -0.05) is 30.9 Å². The fourth-order valence-electron chi connectivity index (χ4n) is 1.48. The van der Waals surface area contributed by atoms with E-state index in [1.165, 1.54) is 12.1 Å². The van der Waals surface area contributed by atoms with Gasteiger partial charge in [-0.2, -0.15) is 0 Å². The molecule has 1 aromatic carbocycles. The molecule has 0 aliphatic carbocycles. The summed E-state index contributed by atoms with van der Waals surface area (Å²) in [4.78, 5) is 10.3. The third-order valence-electron chi connectivity index (χ3n) is 2.57. The molecule has 0 fully saturated rings. The molecule has 2 rings (SSSR count). The number of benzene rings is 1. The molecule has 0 aliphatic rings. The highest BCUT2D eigenvalue weighted by atomic mass is 28.3. The van der Waals surface area contributed by atoms with Gasteiger partial charge in [0.2, 0.25) is 0 Å². The summed E-state index contributed by atoms with van der Waals surface area (Å²) < 4.78 is 1.58. The zero-order chi connectivity index (χ0) is 13.3. The molecule has 0 spiro atoms. The summed E-state index contributed by atoms with van der Waals surface area (Å²) in [5.41, 5.74) is 0.707. The summed E-state index contributed by atoms with van der Waals surface area (Å²) in [6.07, 6.45) is 1.85. The van der Waals surface area contributed by atoms with Crippen molar-refractivity contribution in [3.63, 3.8) is 0 Å². The monoisotopic (exact) mass is 262 g/mol. The van der Waals surface area contributed by atoms with Crippen LogP contribution in [-0.2, 0) is 0 Å². The van der Waals surface area contributed by atoms with E-state index in [1.807, 2.05) is 6.20 Å². The molecule has 94 valence electrons. The second-order valence-electron chi connectivity index (χ2n) is 5.08. The zero-order valence-electron chi connectivity index (χ0n) is 10.5. The number of aromatic nitrogens is 3. The van der Waals surface area contributed by atoms with Gasteiger partial charge in [0.05, 0.1) is 15.9 Å². The maximum Gasteiger partial charge on any atom is 0.271 e. The van der Waals surface area contributed by atoms with E-state index in [9.17, 15) is 10.1 Å². The number of hydrogen-bond acceptors (Lipinski definition) is 4. The molecule has 0 amide bonds. The van der Waals surface area contributed by atoms with Gasteiger partial charge in [-0.05, 0) is 6.07 Å². The lowest BCUT2D eigenvalue weighted by Gasteiger charge is -2.09. The molecule has 0 unspecified atom stereocenters. The number of nitro groups is 1. The van der Waals surface area contributed by atoms with Gasteiger partial charge < -0.3 is 0 Å². The quantitative estimate of drug-likeness (QED) is 0.479. The Balaban J connectivity index is 2.40. The minimum atomic E-state index is -1.51. The zero-order valence-corrected chi connectivity index (χ0v) is 11.5. The van der Waals surface area contributed by atoms with Crippen LogP contribution in [0.25, 0.3) is 5.69 Å². The lowest BCUT2D eigenvalue weighted by Crippen LogP contribution is -2.38. The van der Waals surface area contributed by atoms with E-state index in [-0.39, 0.29) is 5.69 Å². The van der Waals surface area contributed by atoms with Crippen molar-refractivity contribution in [3.8, 4) is 5.69 Å². The van der Waals surface area contributed by atoms with Crippen molar-refractivity contribution in [2.45, 2.75) is 19.6 Å². The van der Waals surface area contributed by atoms with E-state index < -0.39 is 13.0 Å². The van der Waals surface area contributed by atoms with Gasteiger partial charge in [0, 0.05) is 18.3 Å². The summed E-state index contributed by atoms with van der Waals surface area (Å²) in [6.45, 7) is 6.53. The van der Waals surface area contributed by atoms with Crippen LogP contribution in [0.5, 0.6) is 0 Å². The molecule has 0 saturated carbocycles. The summed E-state index contributed by atoms with van der Waals surface area (Å²) >= 11 is 0. The van der Waals surface area contributed by atoms with Crippen LogP contribution >= 0.6 is 0 Å².